The van der Waals surface area contributed by atoms with Gasteiger partial charge in [-0.25, -0.2) is 0 Å². The molecule has 18 heavy (non-hydrogen) atoms. The van der Waals surface area contributed by atoms with Gasteiger partial charge < -0.3 is 5.32 Å². The van der Waals surface area contributed by atoms with Gasteiger partial charge in [0.05, 0.1) is 0 Å². The van der Waals surface area contributed by atoms with Crippen LogP contribution in [-0.4, -0.2) is 12.1 Å². The molecule has 2 rings (SSSR count). The van der Waals surface area contributed by atoms with Crippen LogP contribution in [-0.2, 0) is 0 Å². The lowest BCUT2D eigenvalue weighted by molar-refractivity contribution is 0.131. The van der Waals surface area contributed by atoms with Crippen molar-refractivity contribution in [3.05, 3.63) is 0 Å². The predicted octanol–water partition coefficient (Wildman–Crippen LogP) is 4.76. The Labute approximate surface area is 114 Å². The Hall–Kier alpha value is -0.0400. The minimum absolute atomic E-state index is 0.555. The molecule has 2 aliphatic rings. The topological polar surface area (TPSA) is 12.0 Å². The molecule has 0 aromatic rings. The Morgan fingerprint density at radius 1 is 1.17 bits per heavy atom. The van der Waals surface area contributed by atoms with Crippen molar-refractivity contribution >= 4 is 0 Å². The van der Waals surface area contributed by atoms with Crippen molar-refractivity contribution in [3.8, 4) is 0 Å². The average molecular weight is 251 g/mol. The van der Waals surface area contributed by atoms with E-state index in [1.54, 1.807) is 0 Å². The Morgan fingerprint density at radius 2 is 1.72 bits per heavy atom. The van der Waals surface area contributed by atoms with E-state index in [4.69, 9.17) is 0 Å². The molecule has 2 fully saturated rings. The van der Waals surface area contributed by atoms with E-state index in [0.717, 1.165) is 18.0 Å². The van der Waals surface area contributed by atoms with Gasteiger partial charge >= 0.3 is 0 Å². The summed E-state index contributed by atoms with van der Waals surface area (Å²) >= 11 is 0. The molecule has 1 heteroatoms. The lowest BCUT2D eigenvalue weighted by Gasteiger charge is -2.40. The van der Waals surface area contributed by atoms with Crippen LogP contribution in [0.1, 0.15) is 79.6 Å². The molecule has 0 heterocycles. The van der Waals surface area contributed by atoms with E-state index in [0.29, 0.717) is 10.8 Å². The molecule has 0 amide bonds. The molecule has 1 atom stereocenters. The summed E-state index contributed by atoms with van der Waals surface area (Å²) in [5.74, 6) is 0.951. The second-order valence-corrected chi connectivity index (χ2v) is 7.93. The van der Waals surface area contributed by atoms with Crippen LogP contribution in [0.4, 0.5) is 0 Å². The van der Waals surface area contributed by atoms with E-state index < -0.39 is 0 Å². The normalized spacial score (nSPS) is 33.2. The van der Waals surface area contributed by atoms with Gasteiger partial charge in [0.25, 0.3) is 0 Å². The second kappa shape index (κ2) is 5.15. The predicted molar refractivity (Wildman–Crippen MR) is 79.8 cm³/mol. The van der Waals surface area contributed by atoms with Crippen molar-refractivity contribution in [1.82, 2.24) is 5.32 Å². The van der Waals surface area contributed by atoms with E-state index in [1.807, 2.05) is 0 Å². The minimum Gasteiger partial charge on any atom is -0.311 e. The molecule has 1 unspecified atom stereocenters. The number of hydrogen-bond acceptors (Lipinski definition) is 1. The molecule has 0 aromatic heterocycles. The highest BCUT2D eigenvalue weighted by molar-refractivity contribution is 4.98. The molecule has 0 spiro atoms. The zero-order valence-electron chi connectivity index (χ0n) is 13.2. The first kappa shape index (κ1) is 14.4. The maximum atomic E-state index is 3.91. The highest BCUT2D eigenvalue weighted by atomic mass is 15.0. The first-order chi connectivity index (χ1) is 8.37. The Morgan fingerprint density at radius 3 is 2.17 bits per heavy atom. The standard InChI is InChI=1S/C17H33N/c1-6-16(3,4)14-7-9-15(10-8-14)18-13(2)17(5)11-12-17/h13-15,18H,6-12H2,1-5H3. The molecular weight excluding hydrogens is 218 g/mol. The van der Waals surface area contributed by atoms with Crippen LogP contribution in [0, 0.1) is 16.7 Å². The highest BCUT2D eigenvalue weighted by Crippen LogP contribution is 2.48. The summed E-state index contributed by atoms with van der Waals surface area (Å²) in [4.78, 5) is 0. The lowest BCUT2D eigenvalue weighted by atomic mass is 9.69. The van der Waals surface area contributed by atoms with Crippen LogP contribution in [0.2, 0.25) is 0 Å². The fourth-order valence-corrected chi connectivity index (χ4v) is 3.52. The van der Waals surface area contributed by atoms with Crippen molar-refractivity contribution in [2.24, 2.45) is 16.7 Å². The molecular formula is C17H33N. The molecule has 2 saturated carbocycles. The minimum atomic E-state index is 0.555. The zero-order valence-corrected chi connectivity index (χ0v) is 13.2. The van der Waals surface area contributed by atoms with Crippen LogP contribution < -0.4 is 5.32 Å². The van der Waals surface area contributed by atoms with E-state index in [-0.39, 0.29) is 0 Å². The van der Waals surface area contributed by atoms with E-state index in [9.17, 15) is 0 Å². The van der Waals surface area contributed by atoms with Gasteiger partial charge in [-0.05, 0) is 62.2 Å². The van der Waals surface area contributed by atoms with Crippen LogP contribution in [0.5, 0.6) is 0 Å². The van der Waals surface area contributed by atoms with Gasteiger partial charge in [0, 0.05) is 12.1 Å². The molecule has 2 aliphatic carbocycles. The van der Waals surface area contributed by atoms with Crippen molar-refractivity contribution in [2.45, 2.75) is 91.6 Å². The monoisotopic (exact) mass is 251 g/mol. The van der Waals surface area contributed by atoms with E-state index in [2.05, 4.69) is 39.9 Å². The van der Waals surface area contributed by atoms with Crippen LogP contribution in [0.15, 0.2) is 0 Å². The van der Waals surface area contributed by atoms with Gasteiger partial charge in [-0.1, -0.05) is 34.1 Å². The van der Waals surface area contributed by atoms with Crippen molar-refractivity contribution in [1.29, 1.82) is 0 Å². The van der Waals surface area contributed by atoms with Crippen LogP contribution in [0.3, 0.4) is 0 Å². The first-order valence-corrected chi connectivity index (χ1v) is 8.13. The number of rotatable bonds is 5. The van der Waals surface area contributed by atoms with Gasteiger partial charge in [0.2, 0.25) is 0 Å². The van der Waals surface area contributed by atoms with E-state index >= 15 is 0 Å². The van der Waals surface area contributed by atoms with E-state index in [1.165, 1.54) is 44.9 Å². The SMILES string of the molecule is CCC(C)(C)C1CCC(NC(C)C2(C)CC2)CC1. The Bertz CT molecular complexity index is 269. The van der Waals surface area contributed by atoms with Gasteiger partial charge in [-0.3, -0.25) is 0 Å². The molecule has 106 valence electrons. The third kappa shape index (κ3) is 3.10. The highest BCUT2D eigenvalue weighted by Gasteiger charge is 2.43. The van der Waals surface area contributed by atoms with Crippen molar-refractivity contribution < 1.29 is 0 Å². The largest absolute Gasteiger partial charge is 0.311 e. The summed E-state index contributed by atoms with van der Waals surface area (Å²) in [5.41, 5.74) is 1.18. The molecule has 1 N–H and O–H groups in total. The Kier molecular flexibility index (Phi) is 4.11. The summed E-state index contributed by atoms with van der Waals surface area (Å²) in [7, 11) is 0. The van der Waals surface area contributed by atoms with Gasteiger partial charge in [0.15, 0.2) is 0 Å². The smallest absolute Gasteiger partial charge is 0.00951 e. The van der Waals surface area contributed by atoms with Crippen molar-refractivity contribution in [3.63, 3.8) is 0 Å². The summed E-state index contributed by atoms with van der Waals surface area (Å²) in [5, 5.41) is 3.91. The molecule has 0 aliphatic heterocycles. The number of nitrogens with one attached hydrogen (secondary N) is 1. The quantitative estimate of drug-likeness (QED) is 0.743. The number of hydrogen-bond donors (Lipinski definition) is 1. The van der Waals surface area contributed by atoms with Gasteiger partial charge in [0.1, 0.15) is 0 Å². The second-order valence-electron chi connectivity index (χ2n) is 7.93. The van der Waals surface area contributed by atoms with Crippen LogP contribution >= 0.6 is 0 Å². The molecule has 1 nitrogen and oxygen atoms in total. The summed E-state index contributed by atoms with van der Waals surface area (Å²) in [6.07, 6.45) is 9.84. The maximum absolute atomic E-state index is 3.91. The Balaban J connectivity index is 1.77. The summed E-state index contributed by atoms with van der Waals surface area (Å²) in [6.45, 7) is 12.1. The van der Waals surface area contributed by atoms with Crippen LogP contribution in [0.25, 0.3) is 0 Å². The third-order valence-electron chi connectivity index (χ3n) is 6.31. The third-order valence-corrected chi connectivity index (χ3v) is 6.31. The molecule has 0 radical (unpaired) electrons. The maximum Gasteiger partial charge on any atom is 0.00951 e. The molecule has 0 saturated heterocycles. The average Bonchev–Trinajstić information content (AvgIpc) is 3.09. The molecule has 0 bridgehead atoms. The zero-order chi connectivity index (χ0) is 13.4. The lowest BCUT2D eigenvalue weighted by Crippen LogP contribution is -2.44. The molecule has 0 aromatic carbocycles. The van der Waals surface area contributed by atoms with Gasteiger partial charge in [-0.15, -0.1) is 0 Å². The summed E-state index contributed by atoms with van der Waals surface area (Å²) in [6, 6.07) is 1.51. The van der Waals surface area contributed by atoms with Crippen molar-refractivity contribution in [2.75, 3.05) is 0 Å². The fourth-order valence-electron chi connectivity index (χ4n) is 3.52. The van der Waals surface area contributed by atoms with Gasteiger partial charge in [-0.2, -0.15) is 0 Å². The fraction of sp³-hybridized carbons (Fsp3) is 1.00. The first-order valence-electron chi connectivity index (χ1n) is 8.13. The summed E-state index contributed by atoms with van der Waals surface area (Å²) < 4.78 is 0.